The number of amides is 1. The first kappa shape index (κ1) is 10.6. The van der Waals surface area contributed by atoms with Crippen LogP contribution in [0.15, 0.2) is 42.7 Å². The number of hydrogen-bond acceptors (Lipinski definition) is 2. The standard InChI is InChI=1S/C12H9ClN2O/c13-11-7-9(1-2-10(11)12(14)16)8-3-5-15-6-4-8/h1-7H,(H2,14,16). The molecule has 0 aliphatic rings. The van der Waals surface area contributed by atoms with Crippen molar-refractivity contribution in [3.8, 4) is 11.1 Å². The van der Waals surface area contributed by atoms with E-state index in [-0.39, 0.29) is 0 Å². The first-order chi connectivity index (χ1) is 7.68. The smallest absolute Gasteiger partial charge is 0.250 e. The molecular formula is C12H9ClN2O. The zero-order valence-corrected chi connectivity index (χ0v) is 9.11. The lowest BCUT2D eigenvalue weighted by atomic mass is 10.0. The fourth-order valence-electron chi connectivity index (χ4n) is 1.44. The Labute approximate surface area is 97.9 Å². The van der Waals surface area contributed by atoms with Gasteiger partial charge < -0.3 is 5.73 Å². The Morgan fingerprint density at radius 2 is 1.81 bits per heavy atom. The van der Waals surface area contributed by atoms with Crippen LogP contribution in [0.5, 0.6) is 0 Å². The number of nitrogens with zero attached hydrogens (tertiary/aromatic N) is 1. The van der Waals surface area contributed by atoms with E-state index in [0.717, 1.165) is 11.1 Å². The Bertz CT molecular complexity index is 526. The van der Waals surface area contributed by atoms with E-state index < -0.39 is 5.91 Å². The minimum atomic E-state index is -0.522. The summed E-state index contributed by atoms with van der Waals surface area (Å²) in [7, 11) is 0. The fraction of sp³-hybridized carbons (Fsp3) is 0. The lowest BCUT2D eigenvalue weighted by molar-refractivity contribution is 0.100. The van der Waals surface area contributed by atoms with Crippen LogP contribution in [0.4, 0.5) is 0 Å². The summed E-state index contributed by atoms with van der Waals surface area (Å²) in [6.07, 6.45) is 3.40. The van der Waals surface area contributed by atoms with E-state index in [1.165, 1.54) is 0 Å². The van der Waals surface area contributed by atoms with Crippen LogP contribution in [0.2, 0.25) is 5.02 Å². The van der Waals surface area contributed by atoms with Gasteiger partial charge in [-0.25, -0.2) is 0 Å². The quantitative estimate of drug-likeness (QED) is 0.865. The zero-order valence-electron chi connectivity index (χ0n) is 8.35. The normalized spacial score (nSPS) is 10.1. The Morgan fingerprint density at radius 1 is 1.12 bits per heavy atom. The molecule has 0 aliphatic heterocycles. The second-order valence-electron chi connectivity index (χ2n) is 3.29. The number of aromatic nitrogens is 1. The van der Waals surface area contributed by atoms with Crippen molar-refractivity contribution in [2.45, 2.75) is 0 Å². The number of rotatable bonds is 2. The molecular weight excluding hydrogens is 224 g/mol. The molecule has 4 heteroatoms. The maximum Gasteiger partial charge on any atom is 0.250 e. The Balaban J connectivity index is 2.46. The summed E-state index contributed by atoms with van der Waals surface area (Å²) in [4.78, 5) is 14.9. The van der Waals surface area contributed by atoms with E-state index in [1.807, 2.05) is 12.1 Å². The Kier molecular flexibility index (Phi) is 2.88. The molecule has 2 rings (SSSR count). The highest BCUT2D eigenvalue weighted by Gasteiger charge is 2.07. The molecule has 2 N–H and O–H groups in total. The molecule has 0 saturated heterocycles. The van der Waals surface area contributed by atoms with E-state index >= 15 is 0 Å². The molecule has 0 aliphatic carbocycles. The van der Waals surface area contributed by atoms with Crippen molar-refractivity contribution in [3.63, 3.8) is 0 Å². The first-order valence-electron chi connectivity index (χ1n) is 4.68. The molecule has 16 heavy (non-hydrogen) atoms. The van der Waals surface area contributed by atoms with E-state index in [2.05, 4.69) is 4.98 Å². The van der Waals surface area contributed by atoms with Gasteiger partial charge in [0.05, 0.1) is 10.6 Å². The first-order valence-corrected chi connectivity index (χ1v) is 5.06. The van der Waals surface area contributed by atoms with Gasteiger partial charge in [0.2, 0.25) is 5.91 Å². The lowest BCUT2D eigenvalue weighted by Gasteiger charge is -2.04. The van der Waals surface area contributed by atoms with E-state index in [1.54, 1.807) is 30.6 Å². The minimum Gasteiger partial charge on any atom is -0.366 e. The summed E-state index contributed by atoms with van der Waals surface area (Å²) >= 11 is 5.96. The molecule has 2 aromatic rings. The van der Waals surface area contributed by atoms with Crippen LogP contribution >= 0.6 is 11.6 Å². The highest BCUT2D eigenvalue weighted by atomic mass is 35.5. The van der Waals surface area contributed by atoms with Crippen LogP contribution in [0.1, 0.15) is 10.4 Å². The van der Waals surface area contributed by atoms with Crippen molar-refractivity contribution in [1.29, 1.82) is 0 Å². The van der Waals surface area contributed by atoms with Crippen LogP contribution in [0.25, 0.3) is 11.1 Å². The molecule has 0 fully saturated rings. The van der Waals surface area contributed by atoms with Crippen molar-refractivity contribution in [2.75, 3.05) is 0 Å². The van der Waals surface area contributed by atoms with Gasteiger partial charge in [0.25, 0.3) is 0 Å². The highest BCUT2D eigenvalue weighted by molar-refractivity contribution is 6.34. The van der Waals surface area contributed by atoms with Crippen LogP contribution in [0.3, 0.4) is 0 Å². The number of halogens is 1. The molecule has 0 bridgehead atoms. The molecule has 1 aromatic carbocycles. The van der Waals surface area contributed by atoms with Crippen molar-refractivity contribution in [3.05, 3.63) is 53.3 Å². The topological polar surface area (TPSA) is 56.0 Å². The van der Waals surface area contributed by atoms with Gasteiger partial charge in [0, 0.05) is 12.4 Å². The maximum atomic E-state index is 11.0. The second kappa shape index (κ2) is 4.33. The average molecular weight is 233 g/mol. The van der Waals surface area contributed by atoms with Gasteiger partial charge in [-0.1, -0.05) is 17.7 Å². The SMILES string of the molecule is NC(=O)c1ccc(-c2ccncc2)cc1Cl. The molecule has 80 valence electrons. The van der Waals surface area contributed by atoms with Crippen LogP contribution in [-0.4, -0.2) is 10.9 Å². The van der Waals surface area contributed by atoms with Gasteiger partial charge in [0.1, 0.15) is 0 Å². The Hall–Kier alpha value is -1.87. The van der Waals surface area contributed by atoms with E-state index in [4.69, 9.17) is 17.3 Å². The number of carbonyl (C=O) groups excluding carboxylic acids is 1. The fourth-order valence-corrected chi connectivity index (χ4v) is 1.71. The zero-order chi connectivity index (χ0) is 11.5. The molecule has 0 saturated carbocycles. The molecule has 1 amide bonds. The molecule has 0 spiro atoms. The average Bonchev–Trinajstić information content (AvgIpc) is 2.29. The van der Waals surface area contributed by atoms with E-state index in [0.29, 0.717) is 10.6 Å². The largest absolute Gasteiger partial charge is 0.366 e. The number of carbonyl (C=O) groups is 1. The monoisotopic (exact) mass is 232 g/mol. The van der Waals surface area contributed by atoms with Gasteiger partial charge in [-0.3, -0.25) is 9.78 Å². The lowest BCUT2D eigenvalue weighted by Crippen LogP contribution is -2.11. The van der Waals surface area contributed by atoms with Crippen LogP contribution < -0.4 is 5.73 Å². The summed E-state index contributed by atoms with van der Waals surface area (Å²) < 4.78 is 0. The maximum absolute atomic E-state index is 11.0. The van der Waals surface area contributed by atoms with Crippen molar-refractivity contribution in [2.24, 2.45) is 5.73 Å². The summed E-state index contributed by atoms with van der Waals surface area (Å²) in [6.45, 7) is 0. The predicted molar refractivity (Wildman–Crippen MR) is 63.2 cm³/mol. The number of benzene rings is 1. The third-order valence-electron chi connectivity index (χ3n) is 2.25. The van der Waals surface area contributed by atoms with Crippen molar-refractivity contribution < 1.29 is 4.79 Å². The molecule has 1 aromatic heterocycles. The number of primary amides is 1. The summed E-state index contributed by atoms with van der Waals surface area (Å²) in [5.41, 5.74) is 7.42. The number of nitrogens with two attached hydrogens (primary N) is 1. The third kappa shape index (κ3) is 2.04. The van der Waals surface area contributed by atoms with Gasteiger partial charge in [0.15, 0.2) is 0 Å². The molecule has 0 atom stereocenters. The van der Waals surface area contributed by atoms with Crippen molar-refractivity contribution >= 4 is 17.5 Å². The second-order valence-corrected chi connectivity index (χ2v) is 3.70. The highest BCUT2D eigenvalue weighted by Crippen LogP contribution is 2.24. The summed E-state index contributed by atoms with van der Waals surface area (Å²) in [6, 6.07) is 8.89. The summed E-state index contributed by atoms with van der Waals surface area (Å²) in [5.74, 6) is -0.522. The van der Waals surface area contributed by atoms with Gasteiger partial charge in [-0.2, -0.15) is 0 Å². The molecule has 0 unspecified atom stereocenters. The molecule has 0 radical (unpaired) electrons. The van der Waals surface area contributed by atoms with E-state index in [9.17, 15) is 4.79 Å². The van der Waals surface area contributed by atoms with Gasteiger partial charge >= 0.3 is 0 Å². The predicted octanol–water partition coefficient (Wildman–Crippen LogP) is 2.50. The van der Waals surface area contributed by atoms with Crippen molar-refractivity contribution in [1.82, 2.24) is 4.98 Å². The molecule has 1 heterocycles. The number of pyridine rings is 1. The number of hydrogen-bond donors (Lipinski definition) is 1. The summed E-state index contributed by atoms with van der Waals surface area (Å²) in [5, 5.41) is 0.363. The van der Waals surface area contributed by atoms with Crippen LogP contribution in [0, 0.1) is 0 Å². The molecule has 3 nitrogen and oxygen atoms in total. The minimum absolute atomic E-state index is 0.333. The third-order valence-corrected chi connectivity index (χ3v) is 2.56. The van der Waals surface area contributed by atoms with Gasteiger partial charge in [-0.05, 0) is 35.4 Å². The Morgan fingerprint density at radius 3 is 2.38 bits per heavy atom. The van der Waals surface area contributed by atoms with Gasteiger partial charge in [-0.15, -0.1) is 0 Å². The van der Waals surface area contributed by atoms with Crippen LogP contribution in [-0.2, 0) is 0 Å².